The zero-order chi connectivity index (χ0) is 45.7. The fourth-order valence-electron chi connectivity index (χ4n) is 13.0. The number of ether oxygens (including phenoxy) is 1. The van der Waals surface area contributed by atoms with Gasteiger partial charge in [0.1, 0.15) is 0 Å². The summed E-state index contributed by atoms with van der Waals surface area (Å²) in [6.45, 7) is 13.9. The van der Waals surface area contributed by atoms with E-state index in [1.807, 2.05) is 26.1 Å². The number of rotatable bonds is 5. The molecule has 11 heterocycles. The van der Waals surface area contributed by atoms with E-state index in [1.165, 1.54) is 24.2 Å². The predicted molar refractivity (Wildman–Crippen MR) is 255 cm³/mol. The Morgan fingerprint density at radius 2 is 1.58 bits per heavy atom. The van der Waals surface area contributed by atoms with E-state index < -0.39 is 0 Å². The monoisotopic (exact) mass is 907 g/mol. The zero-order valence-corrected chi connectivity index (χ0v) is 39.2. The third kappa shape index (κ3) is 7.73. The lowest BCUT2D eigenvalue weighted by molar-refractivity contribution is -0.134. The standard InChI is InChI=1S/C51H62N12O4/c1-29-17-43(40-10-12-46(64)56-49(40)66)54-31(3)47(29)59-15-13-35(14-16-59)60-24-39(25-60)62-27-37-7-8-38(62)26-61(37)36-9-11-42-45(21-36)63-23-32-5-6-33(19-32)28-67-50-41(22-52-58(50)4)44-20-34(18-30(2)53-44)48(65)57-51(63)55-42/h9,11,17-18,20-22,32-33,35,37-40H,5-8,10,12-16,19,23-28H2,1-4H3,(H,55,57,65)(H,56,64,66)/t32-,33+,37?,38?,40?/m1/s1. The van der Waals surface area contributed by atoms with Gasteiger partial charge in [-0.05, 0) is 126 Å². The number of amides is 3. The summed E-state index contributed by atoms with van der Waals surface area (Å²) < 4.78 is 10.5. The number of hydrogen-bond donors (Lipinski definition) is 2. The molecule has 16 heteroatoms. The summed E-state index contributed by atoms with van der Waals surface area (Å²) in [5.41, 5.74) is 10.1. The van der Waals surface area contributed by atoms with E-state index in [-0.39, 0.29) is 23.6 Å². The molecule has 6 saturated heterocycles. The van der Waals surface area contributed by atoms with Crippen LogP contribution in [0.5, 0.6) is 5.88 Å². The number of aryl methyl sites for hydroxylation is 4. The second-order valence-corrected chi connectivity index (χ2v) is 20.8. The number of imidazole rings is 1. The lowest BCUT2D eigenvalue weighted by atomic mass is 9.86. The van der Waals surface area contributed by atoms with E-state index in [0.717, 1.165) is 117 Å². The molecule has 2 N–H and O–H groups in total. The summed E-state index contributed by atoms with van der Waals surface area (Å²) in [5, 5.41) is 10.2. The van der Waals surface area contributed by atoms with E-state index in [0.29, 0.717) is 78.5 Å². The maximum atomic E-state index is 14.1. The second-order valence-electron chi connectivity index (χ2n) is 20.8. The molecule has 3 amide bonds. The second kappa shape index (κ2) is 16.7. The number of anilines is 3. The van der Waals surface area contributed by atoms with Gasteiger partial charge in [-0.3, -0.25) is 44.8 Å². The average Bonchev–Trinajstić information content (AvgIpc) is 4.01. The van der Waals surface area contributed by atoms with Crippen LogP contribution in [0.25, 0.3) is 22.3 Å². The van der Waals surface area contributed by atoms with Gasteiger partial charge in [0, 0.05) is 100 Å². The molecule has 1 aromatic carbocycles. The Kier molecular flexibility index (Phi) is 10.6. The normalized spacial score (nSPS) is 26.4. The number of aromatic nitrogens is 6. The van der Waals surface area contributed by atoms with Crippen molar-refractivity contribution in [1.82, 2.24) is 44.4 Å². The van der Waals surface area contributed by atoms with Crippen molar-refractivity contribution in [1.29, 1.82) is 0 Å². The van der Waals surface area contributed by atoms with Crippen molar-refractivity contribution < 1.29 is 19.1 Å². The number of benzene rings is 1. The number of fused-ring (bicyclic) bond motifs is 12. The van der Waals surface area contributed by atoms with Crippen molar-refractivity contribution in [2.45, 2.75) is 115 Å². The molecular weight excluding hydrogens is 845 g/mol. The first-order valence-electron chi connectivity index (χ1n) is 24.8. The number of likely N-dealkylation sites (tertiary alicyclic amines) is 1. The van der Waals surface area contributed by atoms with Gasteiger partial charge in [-0.1, -0.05) is 0 Å². The van der Waals surface area contributed by atoms with Crippen LogP contribution in [0, 0.1) is 32.6 Å². The van der Waals surface area contributed by atoms with Crippen LogP contribution in [0.15, 0.2) is 42.6 Å². The Balaban J connectivity index is 0.711. The van der Waals surface area contributed by atoms with Crippen molar-refractivity contribution in [3.63, 3.8) is 0 Å². The molecule has 6 bridgehead atoms. The summed E-state index contributed by atoms with van der Waals surface area (Å²) >= 11 is 0. The number of hydrogen-bond acceptors (Lipinski definition) is 12. The summed E-state index contributed by atoms with van der Waals surface area (Å²) in [7, 11) is 1.89. The van der Waals surface area contributed by atoms with Crippen LogP contribution >= 0.6 is 0 Å². The molecule has 8 aliphatic rings. The van der Waals surface area contributed by atoms with Crippen LogP contribution in [0.2, 0.25) is 0 Å². The maximum absolute atomic E-state index is 14.1. The highest BCUT2D eigenvalue weighted by Gasteiger charge is 2.46. The lowest BCUT2D eigenvalue weighted by Gasteiger charge is -2.59. The van der Waals surface area contributed by atoms with Crippen LogP contribution in [-0.2, 0) is 23.2 Å². The molecule has 1 saturated carbocycles. The summed E-state index contributed by atoms with van der Waals surface area (Å²) in [4.78, 5) is 63.9. The number of piperazine rings is 1. The first-order chi connectivity index (χ1) is 32.5. The van der Waals surface area contributed by atoms with Gasteiger partial charge >= 0.3 is 0 Å². The molecule has 0 radical (unpaired) electrons. The van der Waals surface area contributed by atoms with Crippen molar-refractivity contribution >= 4 is 46.1 Å². The highest BCUT2D eigenvalue weighted by atomic mass is 16.5. The van der Waals surface area contributed by atoms with Crippen LogP contribution in [0.3, 0.4) is 0 Å². The average molecular weight is 907 g/mol. The van der Waals surface area contributed by atoms with Crippen LogP contribution in [0.4, 0.5) is 17.3 Å². The van der Waals surface area contributed by atoms with Gasteiger partial charge < -0.3 is 19.1 Å². The van der Waals surface area contributed by atoms with Gasteiger partial charge in [-0.15, -0.1) is 0 Å². The predicted octanol–water partition coefficient (Wildman–Crippen LogP) is 5.74. The molecule has 67 heavy (non-hydrogen) atoms. The lowest BCUT2D eigenvalue weighted by Crippen LogP contribution is -2.72. The molecule has 350 valence electrons. The molecule has 16 nitrogen and oxygen atoms in total. The van der Waals surface area contributed by atoms with Gasteiger partial charge in [-0.2, -0.15) is 5.10 Å². The Morgan fingerprint density at radius 1 is 0.761 bits per heavy atom. The van der Waals surface area contributed by atoms with Gasteiger partial charge in [0.25, 0.3) is 5.91 Å². The number of pyridine rings is 2. The molecule has 7 fully saturated rings. The number of nitrogens with one attached hydrogen (secondary N) is 2. The summed E-state index contributed by atoms with van der Waals surface area (Å²) in [6.07, 6.45) is 10.6. The minimum atomic E-state index is -0.362. The SMILES string of the molecule is Cc1cc2cc(n1)-c1cnn(C)c1OC[C@H]1CC[C@H](C1)Cn1c(nc3ccc(N4CC5CCC4CN5C4CN(C5CCN(c6c(C)cc(C7CCC(=O)NC7=O)nc6C)CC5)C4)cc31)NC2=O. The number of imide groups is 1. The van der Waals surface area contributed by atoms with E-state index in [9.17, 15) is 14.4 Å². The maximum Gasteiger partial charge on any atom is 0.258 e. The van der Waals surface area contributed by atoms with Crippen LogP contribution in [-0.4, -0.2) is 127 Å². The minimum absolute atomic E-state index is 0.195. The summed E-state index contributed by atoms with van der Waals surface area (Å²) in [5.74, 6) is 1.16. The third-order valence-corrected chi connectivity index (χ3v) is 16.4. The first kappa shape index (κ1) is 42.5. The van der Waals surface area contributed by atoms with Gasteiger partial charge in [0.2, 0.25) is 23.6 Å². The summed E-state index contributed by atoms with van der Waals surface area (Å²) in [6, 6.07) is 14.7. The molecule has 0 spiro atoms. The smallest absolute Gasteiger partial charge is 0.258 e. The van der Waals surface area contributed by atoms with Crippen LogP contribution in [0.1, 0.15) is 96.7 Å². The van der Waals surface area contributed by atoms with E-state index in [2.05, 4.69) is 78.0 Å². The molecule has 7 aliphatic heterocycles. The highest BCUT2D eigenvalue weighted by Crippen LogP contribution is 2.41. The first-order valence-corrected chi connectivity index (χ1v) is 24.8. The Bertz CT molecular complexity index is 2760. The number of nitrogens with zero attached hydrogens (tertiary/aromatic N) is 10. The molecule has 4 aromatic heterocycles. The quantitative estimate of drug-likeness (QED) is 0.207. The van der Waals surface area contributed by atoms with Crippen molar-refractivity contribution in [2.75, 3.05) is 61.0 Å². The number of piperidine rings is 4. The van der Waals surface area contributed by atoms with E-state index in [1.54, 1.807) is 10.9 Å². The van der Waals surface area contributed by atoms with Crippen molar-refractivity contribution in [3.05, 3.63) is 70.8 Å². The molecule has 5 atom stereocenters. The topological polar surface area (TPSA) is 159 Å². The van der Waals surface area contributed by atoms with E-state index in [4.69, 9.17) is 19.7 Å². The van der Waals surface area contributed by atoms with Gasteiger partial charge in [0.05, 0.1) is 58.1 Å². The molecule has 5 aromatic rings. The fraction of sp³-hybridized carbons (Fsp3) is 0.549. The van der Waals surface area contributed by atoms with Crippen molar-refractivity contribution in [2.24, 2.45) is 18.9 Å². The van der Waals surface area contributed by atoms with Gasteiger partial charge in [-0.25, -0.2) is 9.67 Å². The third-order valence-electron chi connectivity index (χ3n) is 16.4. The van der Waals surface area contributed by atoms with E-state index >= 15 is 0 Å². The Hall–Kier alpha value is -5.87. The minimum Gasteiger partial charge on any atom is -0.477 e. The zero-order valence-electron chi connectivity index (χ0n) is 39.2. The molecule has 1 aliphatic carbocycles. The Labute approximate surface area is 391 Å². The highest BCUT2D eigenvalue weighted by molar-refractivity contribution is 6.05. The fourth-order valence-corrected chi connectivity index (χ4v) is 13.0. The number of carbonyl (C=O) groups excluding carboxylic acids is 3. The van der Waals surface area contributed by atoms with Crippen LogP contribution < -0.4 is 25.2 Å². The van der Waals surface area contributed by atoms with Gasteiger partial charge in [0.15, 0.2) is 0 Å². The Morgan fingerprint density at radius 3 is 2.37 bits per heavy atom. The molecular formula is C51H62N12O4. The molecule has 13 rings (SSSR count). The largest absolute Gasteiger partial charge is 0.477 e. The number of carbonyl (C=O) groups is 3. The molecule has 3 unspecified atom stereocenters. The van der Waals surface area contributed by atoms with Crippen molar-refractivity contribution in [3.8, 4) is 17.1 Å².